The molecule has 2 aromatic carbocycles. The maximum Gasteiger partial charge on any atom is 0.272 e. The second kappa shape index (κ2) is 9.05. The molecule has 0 bridgehead atoms. The van der Waals surface area contributed by atoms with Gasteiger partial charge in [-0.3, -0.25) is 9.48 Å². The summed E-state index contributed by atoms with van der Waals surface area (Å²) >= 11 is 0. The van der Waals surface area contributed by atoms with Crippen LogP contribution in [0.3, 0.4) is 0 Å². The van der Waals surface area contributed by atoms with Crippen LogP contribution in [0.25, 0.3) is 11.3 Å². The Morgan fingerprint density at radius 3 is 2.55 bits per heavy atom. The number of amides is 1. The Morgan fingerprint density at radius 1 is 1.16 bits per heavy atom. The zero-order chi connectivity index (χ0) is 21.8. The number of hydrogen-bond acceptors (Lipinski definition) is 4. The molecule has 0 N–H and O–H groups in total. The molecule has 1 aliphatic rings. The standard InChI is InChI=1S/C25H26N4O2/c1-3-4-5-21-17-28(16-19-8-6-18(15-26)7-9-19)25(30)24-14-23(27-29(21)24)20-10-12-22(31-2)13-11-20/h6-14,21H,3-5,16-17H2,1-2H3. The van der Waals surface area contributed by atoms with Crippen LogP contribution in [0.4, 0.5) is 0 Å². The van der Waals surface area contributed by atoms with E-state index in [1.165, 1.54) is 0 Å². The smallest absolute Gasteiger partial charge is 0.272 e. The van der Waals surface area contributed by atoms with E-state index in [2.05, 4.69) is 13.0 Å². The minimum absolute atomic E-state index is 0.00984. The average Bonchev–Trinajstić information content (AvgIpc) is 3.27. The molecule has 158 valence electrons. The number of unbranched alkanes of at least 4 members (excludes halogenated alkanes) is 1. The predicted molar refractivity (Wildman–Crippen MR) is 119 cm³/mol. The van der Waals surface area contributed by atoms with E-state index in [4.69, 9.17) is 15.1 Å². The van der Waals surface area contributed by atoms with Crippen molar-refractivity contribution in [3.63, 3.8) is 0 Å². The molecule has 1 atom stereocenters. The third-order valence-electron chi connectivity index (χ3n) is 5.75. The van der Waals surface area contributed by atoms with Gasteiger partial charge >= 0.3 is 0 Å². The van der Waals surface area contributed by atoms with Crippen molar-refractivity contribution in [2.24, 2.45) is 0 Å². The summed E-state index contributed by atoms with van der Waals surface area (Å²) in [6, 6.07) is 19.4. The molecule has 0 saturated heterocycles. The largest absolute Gasteiger partial charge is 0.497 e. The topological polar surface area (TPSA) is 71.2 Å². The Hall–Kier alpha value is -3.59. The first-order chi connectivity index (χ1) is 15.1. The van der Waals surface area contributed by atoms with Gasteiger partial charge in [-0.25, -0.2) is 0 Å². The van der Waals surface area contributed by atoms with E-state index in [0.717, 1.165) is 41.8 Å². The lowest BCUT2D eigenvalue weighted by atomic mass is 10.0. The Balaban J connectivity index is 1.63. The van der Waals surface area contributed by atoms with Gasteiger partial charge in [0, 0.05) is 18.7 Å². The van der Waals surface area contributed by atoms with Crippen LogP contribution in [0, 0.1) is 11.3 Å². The van der Waals surface area contributed by atoms with E-state index in [1.807, 2.05) is 52.0 Å². The number of rotatable bonds is 7. The maximum absolute atomic E-state index is 13.3. The minimum atomic E-state index is -0.00984. The van der Waals surface area contributed by atoms with Crippen molar-refractivity contribution in [1.29, 1.82) is 5.26 Å². The van der Waals surface area contributed by atoms with Crippen LogP contribution >= 0.6 is 0 Å². The fourth-order valence-electron chi connectivity index (χ4n) is 4.01. The second-order valence-electron chi connectivity index (χ2n) is 7.88. The Kier molecular flexibility index (Phi) is 6.03. The van der Waals surface area contributed by atoms with Crippen molar-refractivity contribution in [2.75, 3.05) is 13.7 Å². The predicted octanol–water partition coefficient (Wildman–Crippen LogP) is 4.82. The molecule has 0 radical (unpaired) electrons. The normalized spacial score (nSPS) is 15.5. The lowest BCUT2D eigenvalue weighted by Crippen LogP contribution is -2.42. The number of carbonyl (C=O) groups is 1. The Labute approximate surface area is 182 Å². The zero-order valence-corrected chi connectivity index (χ0v) is 17.9. The number of nitriles is 1. The molecule has 3 aromatic rings. The minimum Gasteiger partial charge on any atom is -0.497 e. The highest BCUT2D eigenvalue weighted by Gasteiger charge is 2.32. The molecule has 1 unspecified atom stereocenters. The molecule has 31 heavy (non-hydrogen) atoms. The average molecular weight is 415 g/mol. The summed E-state index contributed by atoms with van der Waals surface area (Å²) in [6.07, 6.45) is 3.16. The lowest BCUT2D eigenvalue weighted by Gasteiger charge is -2.33. The number of ether oxygens (including phenoxy) is 1. The van der Waals surface area contributed by atoms with E-state index < -0.39 is 0 Å². The summed E-state index contributed by atoms with van der Waals surface area (Å²) in [5.74, 6) is 0.780. The number of benzene rings is 2. The van der Waals surface area contributed by atoms with Gasteiger partial charge in [-0.05, 0) is 54.4 Å². The van der Waals surface area contributed by atoms with Gasteiger partial charge < -0.3 is 9.64 Å². The van der Waals surface area contributed by atoms with E-state index in [1.54, 1.807) is 19.2 Å². The van der Waals surface area contributed by atoms with Crippen molar-refractivity contribution in [1.82, 2.24) is 14.7 Å². The van der Waals surface area contributed by atoms with E-state index in [9.17, 15) is 4.79 Å². The molecule has 6 nitrogen and oxygen atoms in total. The number of aromatic nitrogens is 2. The molecular weight excluding hydrogens is 388 g/mol. The van der Waals surface area contributed by atoms with Gasteiger partial charge in [0.2, 0.25) is 0 Å². The summed E-state index contributed by atoms with van der Waals surface area (Å²) in [4.78, 5) is 15.2. The summed E-state index contributed by atoms with van der Waals surface area (Å²) in [7, 11) is 1.64. The fraction of sp³-hybridized carbons (Fsp3) is 0.320. The number of nitrogens with zero attached hydrogens (tertiary/aromatic N) is 4. The molecule has 0 fully saturated rings. The van der Waals surface area contributed by atoms with Crippen LogP contribution in [0.15, 0.2) is 54.6 Å². The third-order valence-corrected chi connectivity index (χ3v) is 5.75. The van der Waals surface area contributed by atoms with Crippen molar-refractivity contribution in [3.05, 3.63) is 71.4 Å². The molecule has 2 heterocycles. The van der Waals surface area contributed by atoms with Gasteiger partial charge in [0.05, 0.1) is 30.5 Å². The quantitative estimate of drug-likeness (QED) is 0.556. The fourth-order valence-corrected chi connectivity index (χ4v) is 4.01. The molecule has 1 aliphatic heterocycles. The monoisotopic (exact) mass is 414 g/mol. The van der Waals surface area contributed by atoms with Crippen LogP contribution in [0.2, 0.25) is 0 Å². The summed E-state index contributed by atoms with van der Waals surface area (Å²) in [5.41, 5.74) is 4.03. The number of methoxy groups -OCH3 is 1. The first-order valence-corrected chi connectivity index (χ1v) is 10.6. The molecule has 0 spiro atoms. The van der Waals surface area contributed by atoms with E-state index >= 15 is 0 Å². The molecule has 0 saturated carbocycles. The van der Waals surface area contributed by atoms with Gasteiger partial charge in [-0.2, -0.15) is 10.4 Å². The summed E-state index contributed by atoms with van der Waals surface area (Å²) in [6.45, 7) is 3.33. The second-order valence-corrected chi connectivity index (χ2v) is 7.88. The van der Waals surface area contributed by atoms with Crippen molar-refractivity contribution in [3.8, 4) is 23.1 Å². The summed E-state index contributed by atoms with van der Waals surface area (Å²) in [5, 5.41) is 13.8. The van der Waals surface area contributed by atoms with Crippen molar-refractivity contribution < 1.29 is 9.53 Å². The Morgan fingerprint density at radius 2 is 1.90 bits per heavy atom. The zero-order valence-electron chi connectivity index (χ0n) is 17.9. The molecule has 6 heteroatoms. The van der Waals surface area contributed by atoms with E-state index in [-0.39, 0.29) is 11.9 Å². The van der Waals surface area contributed by atoms with Gasteiger partial charge in [0.1, 0.15) is 11.4 Å². The number of carbonyl (C=O) groups excluding carboxylic acids is 1. The van der Waals surface area contributed by atoms with Crippen LogP contribution in [0.1, 0.15) is 53.8 Å². The molecule has 0 aliphatic carbocycles. The lowest BCUT2D eigenvalue weighted by molar-refractivity contribution is 0.0635. The number of hydrogen-bond donors (Lipinski definition) is 0. The molecule has 4 rings (SSSR count). The van der Waals surface area contributed by atoms with Crippen LogP contribution in [0.5, 0.6) is 5.75 Å². The van der Waals surface area contributed by atoms with E-state index in [0.29, 0.717) is 24.3 Å². The number of fused-ring (bicyclic) bond motifs is 1. The Bertz CT molecular complexity index is 1090. The highest BCUT2D eigenvalue weighted by molar-refractivity contribution is 5.94. The van der Waals surface area contributed by atoms with Gasteiger partial charge in [0.25, 0.3) is 5.91 Å². The van der Waals surface area contributed by atoms with Gasteiger partial charge in [-0.15, -0.1) is 0 Å². The van der Waals surface area contributed by atoms with Crippen molar-refractivity contribution >= 4 is 5.91 Å². The highest BCUT2D eigenvalue weighted by atomic mass is 16.5. The molecule has 1 amide bonds. The van der Waals surface area contributed by atoms with Gasteiger partial charge in [-0.1, -0.05) is 31.9 Å². The first-order valence-electron chi connectivity index (χ1n) is 10.6. The van der Waals surface area contributed by atoms with Crippen molar-refractivity contribution in [2.45, 2.75) is 38.8 Å². The van der Waals surface area contributed by atoms with Crippen LogP contribution in [-0.4, -0.2) is 34.2 Å². The van der Waals surface area contributed by atoms with Crippen LogP contribution < -0.4 is 4.74 Å². The van der Waals surface area contributed by atoms with Gasteiger partial charge in [0.15, 0.2) is 0 Å². The third kappa shape index (κ3) is 4.31. The highest BCUT2D eigenvalue weighted by Crippen LogP contribution is 2.30. The molecular formula is C25H26N4O2. The molecule has 1 aromatic heterocycles. The first kappa shape index (κ1) is 20.7. The van der Waals surface area contributed by atoms with Crippen LogP contribution in [-0.2, 0) is 6.54 Å². The maximum atomic E-state index is 13.3. The summed E-state index contributed by atoms with van der Waals surface area (Å²) < 4.78 is 7.17. The SMILES string of the molecule is CCCCC1CN(Cc2ccc(C#N)cc2)C(=O)c2cc(-c3ccc(OC)cc3)nn21.